The lowest BCUT2D eigenvalue weighted by atomic mass is 9.78. The molecular weight excluding hydrogens is 282 g/mol. The van der Waals surface area contributed by atoms with Gasteiger partial charge in [0.2, 0.25) is 11.8 Å². The van der Waals surface area contributed by atoms with Gasteiger partial charge < -0.3 is 11.1 Å². The SMILES string of the molecule is CN(C(=O)Nc1ccccc1)C(=O)[C@@H]1CCCC[C@@H]1C(N)=O. The van der Waals surface area contributed by atoms with Crippen molar-refractivity contribution in [2.45, 2.75) is 25.7 Å². The zero-order valence-corrected chi connectivity index (χ0v) is 12.6. The lowest BCUT2D eigenvalue weighted by Gasteiger charge is -2.30. The van der Waals surface area contributed by atoms with Crippen LogP contribution in [-0.2, 0) is 9.59 Å². The summed E-state index contributed by atoms with van der Waals surface area (Å²) in [5.74, 6) is -1.79. The molecule has 0 radical (unpaired) electrons. The van der Waals surface area contributed by atoms with Crippen LogP contribution in [0.25, 0.3) is 0 Å². The minimum absolute atomic E-state index is 0.350. The highest BCUT2D eigenvalue weighted by Gasteiger charge is 2.37. The van der Waals surface area contributed by atoms with Gasteiger partial charge in [0.1, 0.15) is 0 Å². The fraction of sp³-hybridized carbons (Fsp3) is 0.438. The highest BCUT2D eigenvalue weighted by molar-refractivity contribution is 6.02. The summed E-state index contributed by atoms with van der Waals surface area (Å²) in [4.78, 5) is 37.2. The molecule has 4 amide bonds. The van der Waals surface area contributed by atoms with Gasteiger partial charge in [0.15, 0.2) is 0 Å². The monoisotopic (exact) mass is 303 g/mol. The van der Waals surface area contributed by atoms with E-state index in [1.807, 2.05) is 6.07 Å². The van der Waals surface area contributed by atoms with Crippen LogP contribution in [-0.4, -0.2) is 29.8 Å². The molecule has 0 spiro atoms. The molecule has 1 fully saturated rings. The molecule has 2 rings (SSSR count). The number of carbonyl (C=O) groups excluding carboxylic acids is 3. The number of imide groups is 1. The third-order valence-electron chi connectivity index (χ3n) is 4.11. The Balaban J connectivity index is 2.04. The van der Waals surface area contributed by atoms with Crippen LogP contribution in [0.4, 0.5) is 10.5 Å². The number of primary amides is 1. The van der Waals surface area contributed by atoms with Crippen LogP contribution in [0.3, 0.4) is 0 Å². The lowest BCUT2D eigenvalue weighted by molar-refractivity contribution is -0.139. The molecule has 1 saturated carbocycles. The van der Waals surface area contributed by atoms with Crippen molar-refractivity contribution in [3.8, 4) is 0 Å². The molecule has 2 atom stereocenters. The van der Waals surface area contributed by atoms with E-state index < -0.39 is 23.8 Å². The van der Waals surface area contributed by atoms with E-state index in [0.29, 0.717) is 18.5 Å². The van der Waals surface area contributed by atoms with Crippen LogP contribution in [0, 0.1) is 11.8 Å². The van der Waals surface area contributed by atoms with E-state index in [9.17, 15) is 14.4 Å². The smallest absolute Gasteiger partial charge is 0.328 e. The van der Waals surface area contributed by atoms with Gasteiger partial charge in [-0.05, 0) is 25.0 Å². The van der Waals surface area contributed by atoms with Gasteiger partial charge in [0, 0.05) is 18.7 Å². The molecule has 1 aromatic rings. The van der Waals surface area contributed by atoms with Crippen molar-refractivity contribution in [2.75, 3.05) is 12.4 Å². The molecule has 118 valence electrons. The molecular formula is C16H21N3O3. The third-order valence-corrected chi connectivity index (χ3v) is 4.11. The first-order valence-corrected chi connectivity index (χ1v) is 7.43. The minimum Gasteiger partial charge on any atom is -0.369 e. The molecule has 6 nitrogen and oxygen atoms in total. The zero-order valence-electron chi connectivity index (χ0n) is 12.6. The number of nitrogens with two attached hydrogens (primary N) is 1. The maximum Gasteiger partial charge on any atom is 0.328 e. The van der Waals surface area contributed by atoms with E-state index in [1.165, 1.54) is 7.05 Å². The first-order chi connectivity index (χ1) is 10.5. The number of nitrogens with zero attached hydrogens (tertiary/aromatic N) is 1. The molecule has 0 bridgehead atoms. The molecule has 6 heteroatoms. The molecule has 3 N–H and O–H groups in total. The number of nitrogens with one attached hydrogen (secondary N) is 1. The number of urea groups is 1. The van der Waals surface area contributed by atoms with Gasteiger partial charge >= 0.3 is 6.03 Å². The maximum absolute atomic E-state index is 12.5. The second-order valence-corrected chi connectivity index (χ2v) is 5.59. The predicted octanol–water partition coefficient (Wildman–Crippen LogP) is 1.97. The third kappa shape index (κ3) is 3.63. The Bertz CT molecular complexity index is 559. The summed E-state index contributed by atoms with van der Waals surface area (Å²) < 4.78 is 0. The summed E-state index contributed by atoms with van der Waals surface area (Å²) in [5, 5.41) is 2.66. The number of hydrogen-bond donors (Lipinski definition) is 2. The fourth-order valence-corrected chi connectivity index (χ4v) is 2.84. The molecule has 1 aromatic carbocycles. The number of rotatable bonds is 3. The highest BCUT2D eigenvalue weighted by Crippen LogP contribution is 2.31. The van der Waals surface area contributed by atoms with Gasteiger partial charge in [-0.3, -0.25) is 14.5 Å². The molecule has 0 aromatic heterocycles. The zero-order chi connectivity index (χ0) is 16.1. The number of amides is 4. The Hall–Kier alpha value is -2.37. The Morgan fingerprint density at radius 1 is 1.09 bits per heavy atom. The van der Waals surface area contributed by atoms with Gasteiger partial charge in [-0.2, -0.15) is 0 Å². The summed E-state index contributed by atoms with van der Waals surface area (Å²) in [6.45, 7) is 0. The topological polar surface area (TPSA) is 92.5 Å². The van der Waals surface area contributed by atoms with E-state index >= 15 is 0 Å². The quantitative estimate of drug-likeness (QED) is 0.894. The normalized spacial score (nSPS) is 21.0. The van der Waals surface area contributed by atoms with Gasteiger partial charge in [0.25, 0.3) is 0 Å². The van der Waals surface area contributed by atoms with E-state index in [0.717, 1.165) is 17.7 Å². The number of anilines is 1. The van der Waals surface area contributed by atoms with Crippen LogP contribution in [0.15, 0.2) is 30.3 Å². The van der Waals surface area contributed by atoms with Crippen molar-refractivity contribution in [1.29, 1.82) is 0 Å². The summed E-state index contributed by atoms with van der Waals surface area (Å²) in [6, 6.07) is 8.39. The van der Waals surface area contributed by atoms with E-state index in [4.69, 9.17) is 5.73 Å². The van der Waals surface area contributed by atoms with Crippen molar-refractivity contribution in [2.24, 2.45) is 17.6 Å². The Morgan fingerprint density at radius 2 is 1.68 bits per heavy atom. The van der Waals surface area contributed by atoms with Crippen LogP contribution < -0.4 is 11.1 Å². The molecule has 0 saturated heterocycles. The van der Waals surface area contributed by atoms with Crippen LogP contribution in [0.2, 0.25) is 0 Å². The second-order valence-electron chi connectivity index (χ2n) is 5.59. The minimum atomic E-state index is -0.509. The van der Waals surface area contributed by atoms with Crippen molar-refractivity contribution in [3.63, 3.8) is 0 Å². The highest BCUT2D eigenvalue weighted by atomic mass is 16.2. The van der Waals surface area contributed by atoms with E-state index in [1.54, 1.807) is 24.3 Å². The number of para-hydroxylation sites is 1. The predicted molar refractivity (Wildman–Crippen MR) is 82.9 cm³/mol. The number of hydrogen-bond acceptors (Lipinski definition) is 3. The Kier molecular flexibility index (Phi) is 5.14. The average molecular weight is 303 g/mol. The van der Waals surface area contributed by atoms with Crippen molar-refractivity contribution < 1.29 is 14.4 Å². The van der Waals surface area contributed by atoms with Crippen LogP contribution in [0.1, 0.15) is 25.7 Å². The van der Waals surface area contributed by atoms with Gasteiger partial charge in [-0.15, -0.1) is 0 Å². The Labute approximate surface area is 129 Å². The Morgan fingerprint density at radius 3 is 2.27 bits per heavy atom. The average Bonchev–Trinajstić information content (AvgIpc) is 2.54. The largest absolute Gasteiger partial charge is 0.369 e. The first-order valence-electron chi connectivity index (χ1n) is 7.43. The van der Waals surface area contributed by atoms with Gasteiger partial charge in [-0.25, -0.2) is 4.79 Å². The first kappa shape index (κ1) is 16.0. The van der Waals surface area contributed by atoms with Crippen LogP contribution in [0.5, 0.6) is 0 Å². The summed E-state index contributed by atoms with van der Waals surface area (Å²) >= 11 is 0. The van der Waals surface area contributed by atoms with Crippen LogP contribution >= 0.6 is 0 Å². The van der Waals surface area contributed by atoms with Crippen molar-refractivity contribution in [3.05, 3.63) is 30.3 Å². The van der Waals surface area contributed by atoms with Crippen molar-refractivity contribution in [1.82, 2.24) is 4.90 Å². The summed E-state index contributed by atoms with van der Waals surface area (Å²) in [7, 11) is 1.42. The van der Waals surface area contributed by atoms with E-state index in [2.05, 4.69) is 5.32 Å². The summed E-state index contributed by atoms with van der Waals surface area (Å²) in [5.41, 5.74) is 6.00. The standard InChI is InChI=1S/C16H21N3O3/c1-19(16(22)18-11-7-3-2-4-8-11)15(21)13-10-6-5-9-12(13)14(17)20/h2-4,7-8,12-13H,5-6,9-10H2,1H3,(H2,17,20)(H,18,22)/t12-,13+/m0/s1. The molecule has 1 aliphatic carbocycles. The molecule has 0 heterocycles. The maximum atomic E-state index is 12.5. The lowest BCUT2D eigenvalue weighted by Crippen LogP contribution is -2.46. The second kappa shape index (κ2) is 7.06. The molecule has 1 aliphatic rings. The molecule has 0 unspecified atom stereocenters. The number of carbonyl (C=O) groups is 3. The summed E-state index contributed by atoms with van der Waals surface area (Å²) in [6.07, 6.45) is 2.96. The molecule has 22 heavy (non-hydrogen) atoms. The van der Waals surface area contributed by atoms with Crippen molar-refractivity contribution >= 4 is 23.5 Å². The van der Waals surface area contributed by atoms with Gasteiger partial charge in [0.05, 0.1) is 5.92 Å². The fourth-order valence-electron chi connectivity index (χ4n) is 2.84. The molecule has 0 aliphatic heterocycles. The number of benzene rings is 1. The van der Waals surface area contributed by atoms with E-state index in [-0.39, 0.29) is 5.91 Å². The van der Waals surface area contributed by atoms with Gasteiger partial charge in [-0.1, -0.05) is 31.0 Å².